The van der Waals surface area contributed by atoms with Crippen LogP contribution < -0.4 is 14.8 Å². The Bertz CT molecular complexity index is 1000. The van der Waals surface area contributed by atoms with Crippen molar-refractivity contribution in [2.24, 2.45) is 5.92 Å². The summed E-state index contributed by atoms with van der Waals surface area (Å²) in [6.45, 7) is 2.59. The highest BCUT2D eigenvalue weighted by atomic mass is 32.2. The molecule has 2 aromatic carbocycles. The number of hydrogen-bond acceptors (Lipinski definition) is 5. The Hall–Kier alpha value is -2.58. The Labute approximate surface area is 190 Å². The fourth-order valence-corrected chi connectivity index (χ4v) is 5.58. The number of rotatable bonds is 9. The monoisotopic (exact) mass is 460 g/mol. The molecule has 0 unspecified atom stereocenters. The van der Waals surface area contributed by atoms with E-state index in [-0.39, 0.29) is 28.5 Å². The second kappa shape index (κ2) is 10.8. The van der Waals surface area contributed by atoms with Crippen LogP contribution in [-0.4, -0.2) is 52.0 Å². The lowest BCUT2D eigenvalue weighted by atomic mass is 9.96. The van der Waals surface area contributed by atoms with Crippen LogP contribution in [0.2, 0.25) is 0 Å². The Morgan fingerprint density at radius 1 is 1.09 bits per heavy atom. The van der Waals surface area contributed by atoms with E-state index in [0.717, 1.165) is 12.8 Å². The minimum absolute atomic E-state index is 0.00145. The average molecular weight is 461 g/mol. The van der Waals surface area contributed by atoms with Gasteiger partial charge in [0.05, 0.1) is 14.2 Å². The van der Waals surface area contributed by atoms with E-state index in [9.17, 15) is 13.2 Å². The van der Waals surface area contributed by atoms with Crippen LogP contribution in [0.1, 0.15) is 31.7 Å². The SMILES string of the molecule is COc1ccc(OC)c(S(=O)(=O)N2CCC(C(=O)N[C@H](C)CCc3ccccc3)CC2)c1. The molecule has 0 aliphatic carbocycles. The van der Waals surface area contributed by atoms with Crippen LogP contribution in [0.15, 0.2) is 53.4 Å². The molecule has 0 aromatic heterocycles. The number of carbonyl (C=O) groups excluding carboxylic acids is 1. The molecule has 0 bridgehead atoms. The molecular formula is C24H32N2O5S. The first kappa shape index (κ1) is 24.1. The molecule has 3 rings (SSSR count). The summed E-state index contributed by atoms with van der Waals surface area (Å²) >= 11 is 0. The first-order chi connectivity index (χ1) is 15.3. The van der Waals surface area contributed by atoms with Crippen LogP contribution in [0.25, 0.3) is 0 Å². The van der Waals surface area contributed by atoms with Crippen molar-refractivity contribution in [3.05, 3.63) is 54.1 Å². The molecule has 1 aliphatic heterocycles. The summed E-state index contributed by atoms with van der Waals surface area (Å²) in [4.78, 5) is 12.8. The molecule has 0 saturated carbocycles. The number of aryl methyl sites for hydroxylation is 1. The zero-order valence-electron chi connectivity index (χ0n) is 18.9. The predicted molar refractivity (Wildman–Crippen MR) is 123 cm³/mol. The van der Waals surface area contributed by atoms with Gasteiger partial charge >= 0.3 is 0 Å². The summed E-state index contributed by atoms with van der Waals surface area (Å²) < 4.78 is 38.3. The largest absolute Gasteiger partial charge is 0.497 e. The summed E-state index contributed by atoms with van der Waals surface area (Å²) in [5, 5.41) is 3.09. The fraction of sp³-hybridized carbons (Fsp3) is 0.458. The zero-order chi connectivity index (χ0) is 23.1. The van der Waals surface area contributed by atoms with E-state index in [4.69, 9.17) is 9.47 Å². The number of amides is 1. The lowest BCUT2D eigenvalue weighted by Gasteiger charge is -2.31. The van der Waals surface area contributed by atoms with Gasteiger partial charge in [-0.15, -0.1) is 0 Å². The van der Waals surface area contributed by atoms with E-state index in [2.05, 4.69) is 17.4 Å². The highest BCUT2D eigenvalue weighted by Crippen LogP contribution is 2.32. The molecule has 7 nitrogen and oxygen atoms in total. The maximum atomic E-state index is 13.2. The summed E-state index contributed by atoms with van der Waals surface area (Å²) in [6, 6.07) is 15.0. The van der Waals surface area contributed by atoms with Crippen LogP contribution in [0.4, 0.5) is 0 Å². The number of benzene rings is 2. The van der Waals surface area contributed by atoms with Crippen LogP contribution in [0.3, 0.4) is 0 Å². The van der Waals surface area contributed by atoms with Gasteiger partial charge in [-0.3, -0.25) is 4.79 Å². The number of nitrogens with one attached hydrogen (secondary N) is 1. The predicted octanol–water partition coefficient (Wildman–Crippen LogP) is 3.24. The summed E-state index contributed by atoms with van der Waals surface area (Å²) in [6.07, 6.45) is 2.74. The summed E-state index contributed by atoms with van der Waals surface area (Å²) in [5.74, 6) is 0.537. The van der Waals surface area contributed by atoms with Gasteiger partial charge in [-0.2, -0.15) is 4.31 Å². The van der Waals surface area contributed by atoms with Gasteiger partial charge in [0.1, 0.15) is 16.4 Å². The van der Waals surface area contributed by atoms with Gasteiger partial charge in [0.25, 0.3) is 0 Å². The van der Waals surface area contributed by atoms with Crippen molar-refractivity contribution >= 4 is 15.9 Å². The van der Waals surface area contributed by atoms with Crippen molar-refractivity contribution in [3.8, 4) is 11.5 Å². The third kappa shape index (κ3) is 5.81. The molecule has 1 atom stereocenters. The van der Waals surface area contributed by atoms with Crippen molar-refractivity contribution in [2.75, 3.05) is 27.3 Å². The maximum absolute atomic E-state index is 13.2. The topological polar surface area (TPSA) is 84.9 Å². The van der Waals surface area contributed by atoms with E-state index in [1.54, 1.807) is 12.1 Å². The number of methoxy groups -OCH3 is 2. The van der Waals surface area contributed by atoms with Gasteiger partial charge in [-0.1, -0.05) is 30.3 Å². The van der Waals surface area contributed by atoms with Gasteiger partial charge in [0.2, 0.25) is 15.9 Å². The van der Waals surface area contributed by atoms with Crippen molar-refractivity contribution in [3.63, 3.8) is 0 Å². The Morgan fingerprint density at radius 3 is 2.41 bits per heavy atom. The molecule has 1 aliphatic rings. The number of carbonyl (C=O) groups is 1. The van der Waals surface area contributed by atoms with E-state index in [1.807, 2.05) is 25.1 Å². The fourth-order valence-electron chi connectivity index (χ4n) is 3.94. The molecule has 1 saturated heterocycles. The molecule has 0 spiro atoms. The third-order valence-electron chi connectivity index (χ3n) is 5.91. The van der Waals surface area contributed by atoms with Crippen molar-refractivity contribution in [2.45, 2.75) is 43.5 Å². The van der Waals surface area contributed by atoms with Crippen molar-refractivity contribution in [1.29, 1.82) is 0 Å². The second-order valence-electron chi connectivity index (χ2n) is 8.13. The van der Waals surface area contributed by atoms with Crippen molar-refractivity contribution < 1.29 is 22.7 Å². The number of piperidine rings is 1. The van der Waals surface area contributed by atoms with Gasteiger partial charge in [-0.05, 0) is 50.3 Å². The Kier molecular flexibility index (Phi) is 8.15. The van der Waals surface area contributed by atoms with E-state index >= 15 is 0 Å². The lowest BCUT2D eigenvalue weighted by molar-refractivity contribution is -0.126. The molecule has 1 amide bonds. The molecule has 8 heteroatoms. The van der Waals surface area contributed by atoms with E-state index in [1.165, 1.54) is 30.2 Å². The van der Waals surface area contributed by atoms with Gasteiger partial charge in [0, 0.05) is 31.1 Å². The van der Waals surface area contributed by atoms with Gasteiger partial charge in [0.15, 0.2) is 0 Å². The number of ether oxygens (including phenoxy) is 2. The average Bonchev–Trinajstić information content (AvgIpc) is 2.83. The molecule has 1 fully saturated rings. The molecule has 2 aromatic rings. The van der Waals surface area contributed by atoms with Crippen LogP contribution >= 0.6 is 0 Å². The highest BCUT2D eigenvalue weighted by molar-refractivity contribution is 7.89. The van der Waals surface area contributed by atoms with Gasteiger partial charge in [-0.25, -0.2) is 8.42 Å². The van der Waals surface area contributed by atoms with Crippen LogP contribution in [0.5, 0.6) is 11.5 Å². The minimum atomic E-state index is -3.75. The molecular weight excluding hydrogens is 428 g/mol. The first-order valence-electron chi connectivity index (χ1n) is 10.9. The number of sulfonamides is 1. The Balaban J connectivity index is 1.55. The van der Waals surface area contributed by atoms with Crippen LogP contribution in [0, 0.1) is 5.92 Å². The standard InChI is InChI=1S/C24H32N2O5S/c1-18(9-10-19-7-5-4-6-8-19)25-24(27)20-13-15-26(16-14-20)32(28,29)23-17-21(30-2)11-12-22(23)31-3/h4-8,11-12,17-18,20H,9-10,13-16H2,1-3H3,(H,25,27)/t18-/m1/s1. The van der Waals surface area contributed by atoms with Gasteiger partial charge < -0.3 is 14.8 Å². The van der Waals surface area contributed by atoms with E-state index < -0.39 is 10.0 Å². The number of hydrogen-bond donors (Lipinski definition) is 1. The molecule has 1 N–H and O–H groups in total. The lowest BCUT2D eigenvalue weighted by Crippen LogP contribution is -2.44. The minimum Gasteiger partial charge on any atom is -0.497 e. The maximum Gasteiger partial charge on any atom is 0.246 e. The zero-order valence-corrected chi connectivity index (χ0v) is 19.7. The summed E-state index contributed by atoms with van der Waals surface area (Å²) in [5.41, 5.74) is 1.25. The van der Waals surface area contributed by atoms with Crippen LogP contribution in [-0.2, 0) is 21.2 Å². The molecule has 174 valence electrons. The quantitative estimate of drug-likeness (QED) is 0.621. The molecule has 1 heterocycles. The molecule has 0 radical (unpaired) electrons. The Morgan fingerprint density at radius 2 is 1.78 bits per heavy atom. The first-order valence-corrected chi connectivity index (χ1v) is 12.4. The third-order valence-corrected chi connectivity index (χ3v) is 7.83. The number of nitrogens with zero attached hydrogens (tertiary/aromatic N) is 1. The normalized spacial score (nSPS) is 16.3. The smallest absolute Gasteiger partial charge is 0.246 e. The highest BCUT2D eigenvalue weighted by Gasteiger charge is 2.34. The van der Waals surface area contributed by atoms with E-state index in [0.29, 0.717) is 31.7 Å². The molecule has 32 heavy (non-hydrogen) atoms. The van der Waals surface area contributed by atoms with Crippen molar-refractivity contribution in [1.82, 2.24) is 9.62 Å². The summed E-state index contributed by atoms with van der Waals surface area (Å²) in [7, 11) is -0.822. The second-order valence-corrected chi connectivity index (χ2v) is 10.0.